The third-order valence-corrected chi connectivity index (χ3v) is 2.16. The molecule has 88 valence electrons. The summed E-state index contributed by atoms with van der Waals surface area (Å²) in [6, 6.07) is 4.03. The van der Waals surface area contributed by atoms with E-state index in [2.05, 4.69) is 0 Å². The number of nitrogens with zero attached hydrogens (tertiary/aromatic N) is 1. The van der Waals surface area contributed by atoms with Gasteiger partial charge in [0.25, 0.3) is 5.69 Å². The Bertz CT molecular complexity index is 508. The quantitative estimate of drug-likeness (QED) is 0.387. The Kier molecular flexibility index (Phi) is 4.42. The van der Waals surface area contributed by atoms with E-state index in [-0.39, 0.29) is 5.69 Å². The molecule has 1 aromatic carbocycles. The predicted molar refractivity (Wildman–Crippen MR) is 63.9 cm³/mol. The lowest BCUT2D eigenvalue weighted by Crippen LogP contribution is -1.88. The maximum Gasteiger partial charge on any atom is 0.328 e. The number of nitro groups is 1. The Morgan fingerprint density at radius 2 is 2.12 bits per heavy atom. The number of nitro benzene ring substituents is 1. The van der Waals surface area contributed by atoms with Crippen LogP contribution in [0.25, 0.3) is 6.08 Å². The fraction of sp³-hybridized carbons (Fsp3) is 0. The largest absolute Gasteiger partial charge is 0.478 e. The molecule has 0 saturated heterocycles. The van der Waals surface area contributed by atoms with Crippen molar-refractivity contribution in [2.24, 2.45) is 0 Å². The monoisotopic (exact) mass is 253 g/mol. The summed E-state index contributed by atoms with van der Waals surface area (Å²) in [7, 11) is 0. The van der Waals surface area contributed by atoms with Crippen LogP contribution in [0.1, 0.15) is 5.56 Å². The first kappa shape index (κ1) is 12.9. The molecule has 0 amide bonds. The third-order valence-electron chi connectivity index (χ3n) is 1.82. The van der Waals surface area contributed by atoms with Gasteiger partial charge in [0.1, 0.15) is 0 Å². The zero-order valence-electron chi connectivity index (χ0n) is 8.54. The molecule has 5 nitrogen and oxygen atoms in total. The minimum Gasteiger partial charge on any atom is -0.478 e. The first-order chi connectivity index (χ1) is 8.00. The van der Waals surface area contributed by atoms with Crippen LogP contribution in [-0.2, 0) is 4.79 Å². The molecule has 0 spiro atoms. The van der Waals surface area contributed by atoms with Crippen molar-refractivity contribution in [1.29, 1.82) is 0 Å². The standard InChI is InChI=1S/C11H8ClNO4/c12-10-6-5-9(13(16)17)7-8(10)3-1-2-4-11(14)15/h1-7H,(H,14,15). The smallest absolute Gasteiger partial charge is 0.328 e. The summed E-state index contributed by atoms with van der Waals surface area (Å²) >= 11 is 5.83. The molecule has 0 aromatic heterocycles. The first-order valence-corrected chi connectivity index (χ1v) is 4.90. The molecule has 0 saturated carbocycles. The summed E-state index contributed by atoms with van der Waals surface area (Å²) in [6.45, 7) is 0. The number of carboxylic acid groups (broad SMARTS) is 1. The third kappa shape index (κ3) is 4.08. The average Bonchev–Trinajstić information content (AvgIpc) is 2.25. The first-order valence-electron chi connectivity index (χ1n) is 4.52. The molecule has 0 bridgehead atoms. The van der Waals surface area contributed by atoms with Crippen LogP contribution in [0.4, 0.5) is 5.69 Å². The lowest BCUT2D eigenvalue weighted by atomic mass is 10.2. The second-order valence-corrected chi connectivity index (χ2v) is 3.43. The number of rotatable bonds is 4. The summed E-state index contributed by atoms with van der Waals surface area (Å²) in [6.07, 6.45) is 5.19. The number of aliphatic carboxylic acids is 1. The lowest BCUT2D eigenvalue weighted by Gasteiger charge is -1.97. The van der Waals surface area contributed by atoms with E-state index in [0.717, 1.165) is 6.08 Å². The highest BCUT2D eigenvalue weighted by Crippen LogP contribution is 2.23. The number of benzene rings is 1. The van der Waals surface area contributed by atoms with Gasteiger partial charge in [-0.3, -0.25) is 10.1 Å². The van der Waals surface area contributed by atoms with Gasteiger partial charge in [-0.05, 0) is 11.6 Å². The van der Waals surface area contributed by atoms with Gasteiger partial charge >= 0.3 is 5.97 Å². The molecule has 6 heteroatoms. The molecule has 0 fully saturated rings. The predicted octanol–water partition coefficient (Wildman–Crippen LogP) is 2.90. The molecule has 0 unspecified atom stereocenters. The highest BCUT2D eigenvalue weighted by atomic mass is 35.5. The van der Waals surface area contributed by atoms with Gasteiger partial charge in [-0.15, -0.1) is 0 Å². The van der Waals surface area contributed by atoms with Crippen LogP contribution in [0.15, 0.2) is 36.4 Å². The van der Waals surface area contributed by atoms with Gasteiger partial charge in [0, 0.05) is 23.2 Å². The SMILES string of the molecule is O=C(O)C=CC=Cc1cc([N+](=O)[O-])ccc1Cl. The molecule has 0 aliphatic heterocycles. The van der Waals surface area contributed by atoms with E-state index in [4.69, 9.17) is 16.7 Å². The van der Waals surface area contributed by atoms with Crippen molar-refractivity contribution in [1.82, 2.24) is 0 Å². The van der Waals surface area contributed by atoms with Gasteiger partial charge < -0.3 is 5.11 Å². The normalized spacial score (nSPS) is 11.1. The Morgan fingerprint density at radius 3 is 2.71 bits per heavy atom. The fourth-order valence-electron chi connectivity index (χ4n) is 1.07. The van der Waals surface area contributed by atoms with Crippen molar-refractivity contribution in [3.8, 4) is 0 Å². The summed E-state index contributed by atoms with van der Waals surface area (Å²) < 4.78 is 0. The number of non-ortho nitro benzene ring substituents is 1. The fourth-order valence-corrected chi connectivity index (χ4v) is 1.25. The summed E-state index contributed by atoms with van der Waals surface area (Å²) in [5.41, 5.74) is 0.382. The Balaban J connectivity index is 2.93. The van der Waals surface area contributed by atoms with Gasteiger partial charge in [-0.1, -0.05) is 29.8 Å². The van der Waals surface area contributed by atoms with Crippen LogP contribution in [-0.4, -0.2) is 16.0 Å². The number of hydrogen-bond acceptors (Lipinski definition) is 3. The second kappa shape index (κ2) is 5.81. The second-order valence-electron chi connectivity index (χ2n) is 3.02. The molecular weight excluding hydrogens is 246 g/mol. The Morgan fingerprint density at radius 1 is 1.41 bits per heavy atom. The minimum atomic E-state index is -1.07. The Hall–Kier alpha value is -2.14. The average molecular weight is 254 g/mol. The van der Waals surface area contributed by atoms with Gasteiger partial charge in [0.15, 0.2) is 0 Å². The topological polar surface area (TPSA) is 80.4 Å². The van der Waals surface area contributed by atoms with Crippen molar-refractivity contribution in [2.75, 3.05) is 0 Å². The minimum absolute atomic E-state index is 0.0729. The molecule has 0 aliphatic rings. The maximum absolute atomic E-state index is 10.5. The number of halogens is 1. The molecule has 17 heavy (non-hydrogen) atoms. The number of hydrogen-bond donors (Lipinski definition) is 1. The van der Waals surface area contributed by atoms with Gasteiger partial charge in [0.2, 0.25) is 0 Å². The molecule has 1 rings (SSSR count). The molecular formula is C11H8ClNO4. The van der Waals surface area contributed by atoms with Crippen molar-refractivity contribution >= 4 is 29.3 Å². The Labute approximate surface area is 102 Å². The van der Waals surface area contributed by atoms with E-state index < -0.39 is 10.9 Å². The van der Waals surface area contributed by atoms with Gasteiger partial charge in [-0.2, -0.15) is 0 Å². The lowest BCUT2D eigenvalue weighted by molar-refractivity contribution is -0.384. The van der Waals surface area contributed by atoms with Gasteiger partial charge in [-0.25, -0.2) is 4.79 Å². The van der Waals surface area contributed by atoms with Crippen molar-refractivity contribution in [3.05, 3.63) is 57.1 Å². The summed E-state index contributed by atoms with van der Waals surface area (Å²) in [4.78, 5) is 20.2. The zero-order valence-corrected chi connectivity index (χ0v) is 9.29. The summed E-state index contributed by atoms with van der Waals surface area (Å²) in [5, 5.41) is 19.2. The van der Waals surface area contributed by atoms with Crippen LogP contribution in [0, 0.1) is 10.1 Å². The van der Waals surface area contributed by atoms with E-state index in [9.17, 15) is 14.9 Å². The number of carboxylic acids is 1. The molecule has 0 aliphatic carbocycles. The zero-order chi connectivity index (χ0) is 12.8. The van der Waals surface area contributed by atoms with Crippen molar-refractivity contribution in [3.63, 3.8) is 0 Å². The van der Waals surface area contributed by atoms with Crippen LogP contribution >= 0.6 is 11.6 Å². The van der Waals surface area contributed by atoms with Crippen molar-refractivity contribution in [2.45, 2.75) is 0 Å². The van der Waals surface area contributed by atoms with Crippen LogP contribution in [0.2, 0.25) is 5.02 Å². The number of allylic oxidation sites excluding steroid dienone is 2. The molecule has 0 heterocycles. The van der Waals surface area contributed by atoms with Crippen LogP contribution in [0.3, 0.4) is 0 Å². The van der Waals surface area contributed by atoms with E-state index >= 15 is 0 Å². The van der Waals surface area contributed by atoms with Crippen LogP contribution < -0.4 is 0 Å². The van der Waals surface area contributed by atoms with E-state index in [1.54, 1.807) is 0 Å². The van der Waals surface area contributed by atoms with Gasteiger partial charge in [0.05, 0.1) is 4.92 Å². The maximum atomic E-state index is 10.5. The number of carbonyl (C=O) groups is 1. The molecule has 0 radical (unpaired) electrons. The highest BCUT2D eigenvalue weighted by Gasteiger charge is 2.07. The molecule has 0 atom stereocenters. The van der Waals surface area contributed by atoms with E-state index in [1.165, 1.54) is 36.4 Å². The summed E-state index contributed by atoms with van der Waals surface area (Å²) in [5.74, 6) is -1.07. The van der Waals surface area contributed by atoms with E-state index in [0.29, 0.717) is 10.6 Å². The van der Waals surface area contributed by atoms with E-state index in [1.807, 2.05) is 0 Å². The molecule has 1 aromatic rings. The molecule has 1 N–H and O–H groups in total. The van der Waals surface area contributed by atoms with Crippen molar-refractivity contribution < 1.29 is 14.8 Å². The highest BCUT2D eigenvalue weighted by molar-refractivity contribution is 6.32. The van der Waals surface area contributed by atoms with Crippen LogP contribution in [0.5, 0.6) is 0 Å².